The topological polar surface area (TPSA) is 81.4 Å². The second-order valence-corrected chi connectivity index (χ2v) is 6.74. The fourth-order valence-electron chi connectivity index (χ4n) is 2.88. The van der Waals surface area contributed by atoms with Crippen LogP contribution in [0.4, 0.5) is 13.8 Å². The van der Waals surface area contributed by atoms with Crippen molar-refractivity contribution < 1.29 is 23.1 Å². The Morgan fingerprint density at radius 2 is 1.84 bits per heavy atom. The van der Waals surface area contributed by atoms with Gasteiger partial charge < -0.3 is 15.8 Å². The van der Waals surface area contributed by atoms with Crippen molar-refractivity contribution in [3.8, 4) is 5.75 Å². The first-order valence-corrected chi connectivity index (χ1v) is 8.58. The summed E-state index contributed by atoms with van der Waals surface area (Å²) in [4.78, 5) is 25.3. The maximum absolute atomic E-state index is 12.4. The predicted octanol–water partition coefficient (Wildman–Crippen LogP) is 3.58. The number of anilines is 1. The number of nitrogens with two attached hydrogens (primary N) is 1. The molecule has 25 heavy (non-hydrogen) atoms. The second-order valence-electron chi connectivity index (χ2n) is 5.64. The molecule has 0 fully saturated rings. The van der Waals surface area contributed by atoms with Crippen molar-refractivity contribution in [1.29, 1.82) is 0 Å². The molecule has 0 saturated carbocycles. The Morgan fingerprint density at radius 3 is 2.48 bits per heavy atom. The number of aryl methyl sites for hydroxylation is 1. The minimum atomic E-state index is -2.92. The SMILES string of the molecule is NC(=O)c1c(NC(=O)c2ccc(OC(F)F)cc2)sc2c1CCCC2. The molecule has 1 aromatic heterocycles. The first kappa shape index (κ1) is 17.3. The van der Waals surface area contributed by atoms with Crippen LogP contribution in [0.1, 0.15) is 44.0 Å². The molecule has 0 radical (unpaired) electrons. The molecule has 8 heteroatoms. The zero-order valence-corrected chi connectivity index (χ0v) is 14.0. The van der Waals surface area contributed by atoms with Crippen LogP contribution in [0.3, 0.4) is 0 Å². The summed E-state index contributed by atoms with van der Waals surface area (Å²) in [5.74, 6) is -1.03. The van der Waals surface area contributed by atoms with E-state index >= 15 is 0 Å². The van der Waals surface area contributed by atoms with Crippen molar-refractivity contribution in [3.63, 3.8) is 0 Å². The normalized spacial score (nSPS) is 13.4. The number of amides is 2. The van der Waals surface area contributed by atoms with Crippen LogP contribution in [0.5, 0.6) is 5.75 Å². The number of alkyl halides is 2. The van der Waals surface area contributed by atoms with E-state index in [2.05, 4.69) is 10.1 Å². The van der Waals surface area contributed by atoms with E-state index in [1.807, 2.05) is 0 Å². The van der Waals surface area contributed by atoms with Gasteiger partial charge in [0.2, 0.25) is 0 Å². The van der Waals surface area contributed by atoms with Crippen molar-refractivity contribution in [2.24, 2.45) is 5.73 Å². The third kappa shape index (κ3) is 3.79. The molecule has 1 aliphatic rings. The molecule has 0 aliphatic heterocycles. The molecule has 2 aromatic rings. The van der Waals surface area contributed by atoms with Crippen LogP contribution >= 0.6 is 11.3 Å². The highest BCUT2D eigenvalue weighted by atomic mass is 32.1. The molecule has 3 N–H and O–H groups in total. The van der Waals surface area contributed by atoms with E-state index in [9.17, 15) is 18.4 Å². The number of hydrogen-bond acceptors (Lipinski definition) is 4. The summed E-state index contributed by atoms with van der Waals surface area (Å²) in [5.41, 5.74) is 7.07. The van der Waals surface area contributed by atoms with Gasteiger partial charge in [0.25, 0.3) is 11.8 Å². The van der Waals surface area contributed by atoms with Gasteiger partial charge in [-0.05, 0) is 55.5 Å². The largest absolute Gasteiger partial charge is 0.435 e. The molecule has 3 rings (SSSR count). The van der Waals surface area contributed by atoms with Crippen molar-refractivity contribution in [1.82, 2.24) is 0 Å². The van der Waals surface area contributed by atoms with Gasteiger partial charge in [-0.3, -0.25) is 9.59 Å². The quantitative estimate of drug-likeness (QED) is 0.849. The van der Waals surface area contributed by atoms with Gasteiger partial charge in [-0.15, -0.1) is 11.3 Å². The minimum Gasteiger partial charge on any atom is -0.435 e. The summed E-state index contributed by atoms with van der Waals surface area (Å²) in [7, 11) is 0. The summed E-state index contributed by atoms with van der Waals surface area (Å²) in [6, 6.07) is 5.33. The van der Waals surface area contributed by atoms with Gasteiger partial charge in [-0.1, -0.05) is 0 Å². The molecular weight excluding hydrogens is 350 g/mol. The Morgan fingerprint density at radius 1 is 1.16 bits per heavy atom. The third-order valence-corrected chi connectivity index (χ3v) is 5.19. The van der Waals surface area contributed by atoms with Crippen molar-refractivity contribution >= 4 is 28.2 Å². The molecule has 5 nitrogen and oxygen atoms in total. The number of rotatable bonds is 5. The fraction of sp³-hybridized carbons (Fsp3) is 0.294. The molecular formula is C17H16F2N2O3S. The van der Waals surface area contributed by atoms with Gasteiger partial charge in [0.15, 0.2) is 0 Å². The molecule has 1 heterocycles. The Bertz CT molecular complexity index is 803. The Kier molecular flexibility index (Phi) is 4.98. The van der Waals surface area contributed by atoms with Crippen LogP contribution in [0.25, 0.3) is 0 Å². The molecule has 132 valence electrons. The number of halogens is 2. The average molecular weight is 366 g/mol. The van der Waals surface area contributed by atoms with Gasteiger partial charge in [-0.25, -0.2) is 0 Å². The lowest BCUT2D eigenvalue weighted by Gasteiger charge is -2.11. The summed E-state index contributed by atoms with van der Waals surface area (Å²) in [5, 5.41) is 3.16. The van der Waals surface area contributed by atoms with E-state index in [1.165, 1.54) is 35.6 Å². The summed E-state index contributed by atoms with van der Waals surface area (Å²) in [6.07, 6.45) is 3.68. The van der Waals surface area contributed by atoms with Crippen LogP contribution in [0.2, 0.25) is 0 Å². The molecule has 0 bridgehead atoms. The monoisotopic (exact) mass is 366 g/mol. The number of hydrogen-bond donors (Lipinski definition) is 2. The van der Waals surface area contributed by atoms with E-state index in [0.717, 1.165) is 36.1 Å². The molecule has 0 unspecified atom stereocenters. The first-order chi connectivity index (χ1) is 12.0. The number of nitrogens with one attached hydrogen (secondary N) is 1. The molecule has 1 aromatic carbocycles. The smallest absolute Gasteiger partial charge is 0.387 e. The van der Waals surface area contributed by atoms with E-state index in [1.54, 1.807) is 0 Å². The molecule has 0 spiro atoms. The Hall–Kier alpha value is -2.48. The molecule has 0 saturated heterocycles. The fourth-order valence-corrected chi connectivity index (χ4v) is 4.17. The average Bonchev–Trinajstić information content (AvgIpc) is 2.92. The number of primary amides is 1. The van der Waals surface area contributed by atoms with Crippen molar-refractivity contribution in [2.45, 2.75) is 32.3 Å². The Balaban J connectivity index is 1.81. The third-order valence-electron chi connectivity index (χ3n) is 3.99. The molecule has 0 atom stereocenters. The summed E-state index contributed by atoms with van der Waals surface area (Å²) >= 11 is 1.37. The van der Waals surface area contributed by atoms with E-state index < -0.39 is 18.4 Å². The highest BCUT2D eigenvalue weighted by Gasteiger charge is 2.25. The van der Waals surface area contributed by atoms with Gasteiger partial charge in [0.1, 0.15) is 10.8 Å². The van der Waals surface area contributed by atoms with Gasteiger partial charge in [-0.2, -0.15) is 8.78 Å². The minimum absolute atomic E-state index is 0.0315. The molecule has 1 aliphatic carbocycles. The highest BCUT2D eigenvalue weighted by Crippen LogP contribution is 2.38. The van der Waals surface area contributed by atoms with Gasteiger partial charge in [0.05, 0.1) is 5.56 Å². The number of carbonyl (C=O) groups is 2. The van der Waals surface area contributed by atoms with E-state index in [-0.39, 0.29) is 11.3 Å². The Labute approximate surface area is 146 Å². The highest BCUT2D eigenvalue weighted by molar-refractivity contribution is 7.17. The number of ether oxygens (including phenoxy) is 1. The lowest BCUT2D eigenvalue weighted by atomic mass is 9.95. The second kappa shape index (κ2) is 7.18. The standard InChI is InChI=1S/C17H16F2N2O3S/c18-17(19)24-10-7-5-9(6-8-10)15(23)21-16-13(14(20)22)11-3-1-2-4-12(11)25-16/h5-8,17H,1-4H2,(H2,20,22)(H,21,23). The van der Waals surface area contributed by atoms with Crippen LogP contribution in [-0.4, -0.2) is 18.4 Å². The van der Waals surface area contributed by atoms with Crippen LogP contribution in [-0.2, 0) is 12.8 Å². The zero-order valence-electron chi connectivity index (χ0n) is 13.2. The van der Waals surface area contributed by atoms with Gasteiger partial charge in [0, 0.05) is 10.4 Å². The maximum Gasteiger partial charge on any atom is 0.387 e. The number of benzene rings is 1. The predicted molar refractivity (Wildman–Crippen MR) is 90.5 cm³/mol. The van der Waals surface area contributed by atoms with Crippen LogP contribution in [0.15, 0.2) is 24.3 Å². The van der Waals surface area contributed by atoms with E-state index in [4.69, 9.17) is 5.73 Å². The van der Waals surface area contributed by atoms with E-state index in [0.29, 0.717) is 10.6 Å². The number of carbonyl (C=O) groups excluding carboxylic acids is 2. The lowest BCUT2D eigenvalue weighted by molar-refractivity contribution is -0.0498. The summed E-state index contributed by atoms with van der Waals surface area (Å²) in [6.45, 7) is -2.92. The van der Waals surface area contributed by atoms with Crippen molar-refractivity contribution in [3.05, 3.63) is 45.8 Å². The lowest BCUT2D eigenvalue weighted by Crippen LogP contribution is -2.18. The molecule has 2 amide bonds. The maximum atomic E-state index is 12.4. The number of thiophene rings is 1. The summed E-state index contributed by atoms with van der Waals surface area (Å²) < 4.78 is 28.6. The van der Waals surface area contributed by atoms with Crippen molar-refractivity contribution in [2.75, 3.05) is 5.32 Å². The van der Waals surface area contributed by atoms with Crippen LogP contribution < -0.4 is 15.8 Å². The van der Waals surface area contributed by atoms with Gasteiger partial charge >= 0.3 is 6.61 Å². The first-order valence-electron chi connectivity index (χ1n) is 7.76. The van der Waals surface area contributed by atoms with Crippen LogP contribution in [0, 0.1) is 0 Å². The zero-order chi connectivity index (χ0) is 18.0. The number of fused-ring (bicyclic) bond motifs is 1.